The minimum Gasteiger partial charge on any atom is -0.243 e. The minimum absolute atomic E-state index is 0.856. The van der Waals surface area contributed by atoms with Crippen LogP contribution in [-0.4, -0.2) is 19.9 Å². The fourth-order valence-corrected chi connectivity index (χ4v) is 8.71. The van der Waals surface area contributed by atoms with Gasteiger partial charge in [-0.2, -0.15) is 0 Å². The van der Waals surface area contributed by atoms with Gasteiger partial charge in [-0.1, -0.05) is 146 Å². The number of nitrogens with zero attached hydrogens (tertiary/aromatic N) is 4. The summed E-state index contributed by atoms with van der Waals surface area (Å²) in [6.07, 6.45) is 0. The first-order valence-corrected chi connectivity index (χ1v) is 18.8. The van der Waals surface area contributed by atoms with Crippen LogP contribution in [0.15, 0.2) is 170 Å². The van der Waals surface area contributed by atoms with Gasteiger partial charge in [0, 0.05) is 33.4 Å². The molecule has 10 rings (SSSR count). The normalized spacial score (nSPS) is 11.5. The average Bonchev–Trinajstić information content (AvgIpc) is 3.86. The molecule has 4 nitrogen and oxygen atoms in total. The third-order valence-electron chi connectivity index (χ3n) is 9.39. The summed E-state index contributed by atoms with van der Waals surface area (Å²) in [7, 11) is 0. The predicted molar refractivity (Wildman–Crippen MR) is 219 cm³/mol. The summed E-state index contributed by atoms with van der Waals surface area (Å²) in [5.41, 5.74) is 14.0. The molecule has 0 N–H and O–H groups in total. The summed E-state index contributed by atoms with van der Waals surface area (Å²) in [4.78, 5) is 20.8. The molecule has 0 amide bonds. The molecule has 0 radical (unpaired) electrons. The zero-order valence-electron chi connectivity index (χ0n) is 27.8. The zero-order valence-corrected chi connectivity index (χ0v) is 29.4. The molecular formula is C46H28N4S2. The fraction of sp³-hybridized carbons (Fsp3) is 0. The lowest BCUT2D eigenvalue weighted by Gasteiger charge is -2.16. The van der Waals surface area contributed by atoms with Crippen molar-refractivity contribution in [3.05, 3.63) is 170 Å². The molecule has 0 saturated heterocycles. The second-order valence-corrected chi connectivity index (χ2v) is 14.7. The van der Waals surface area contributed by atoms with Gasteiger partial charge in [0.05, 0.1) is 42.9 Å². The summed E-state index contributed by atoms with van der Waals surface area (Å²) in [6.45, 7) is 0. The molecule has 0 bridgehead atoms. The fourth-order valence-electron chi connectivity index (χ4n) is 6.77. The third-order valence-corrected chi connectivity index (χ3v) is 11.6. The highest BCUT2D eigenvalue weighted by Gasteiger charge is 2.19. The van der Waals surface area contributed by atoms with Crippen LogP contribution in [0.1, 0.15) is 0 Å². The van der Waals surface area contributed by atoms with Gasteiger partial charge in [0.1, 0.15) is 10.0 Å². The molecule has 0 fully saturated rings. The van der Waals surface area contributed by atoms with Crippen LogP contribution in [0.5, 0.6) is 0 Å². The van der Waals surface area contributed by atoms with Crippen LogP contribution in [0.3, 0.4) is 0 Å². The first-order chi connectivity index (χ1) is 25.7. The van der Waals surface area contributed by atoms with E-state index in [1.165, 1.54) is 9.40 Å². The molecule has 0 aliphatic heterocycles. The Bertz CT molecular complexity index is 2610. The van der Waals surface area contributed by atoms with Crippen LogP contribution in [-0.2, 0) is 0 Å². The standard InChI is InChI=1S/C46H28N4S2/c1-3-11-31(12-4-1)41-42(32-13-5-2-6-14-32)50-44-36(30-21-25-34(26-22-30)46-48-38-16-8-10-18-40(38)52-46)28-27-35(43(44)49-41)29-19-23-33(24-20-29)45-47-37-15-7-9-17-39(37)51-45/h1-28H. The second kappa shape index (κ2) is 12.8. The number of para-hydroxylation sites is 2. The van der Waals surface area contributed by atoms with E-state index in [1.54, 1.807) is 22.7 Å². The van der Waals surface area contributed by atoms with Gasteiger partial charge in [-0.15, -0.1) is 22.7 Å². The van der Waals surface area contributed by atoms with Crippen molar-refractivity contribution in [2.75, 3.05) is 0 Å². The van der Waals surface area contributed by atoms with Gasteiger partial charge in [-0.05, 0) is 35.4 Å². The highest BCUT2D eigenvalue weighted by molar-refractivity contribution is 7.22. The van der Waals surface area contributed by atoms with Gasteiger partial charge >= 0.3 is 0 Å². The van der Waals surface area contributed by atoms with Crippen molar-refractivity contribution < 1.29 is 0 Å². The average molecular weight is 701 g/mol. The maximum atomic E-state index is 5.50. The van der Waals surface area contributed by atoms with Crippen molar-refractivity contribution >= 4 is 54.1 Å². The smallest absolute Gasteiger partial charge is 0.124 e. The van der Waals surface area contributed by atoms with E-state index < -0.39 is 0 Å². The lowest BCUT2D eigenvalue weighted by molar-refractivity contribution is 1.29. The van der Waals surface area contributed by atoms with E-state index in [-0.39, 0.29) is 0 Å². The predicted octanol–water partition coefficient (Wildman–Crippen LogP) is 12.9. The maximum absolute atomic E-state index is 5.50. The molecule has 0 spiro atoms. The number of hydrogen-bond donors (Lipinski definition) is 0. The van der Waals surface area contributed by atoms with E-state index in [9.17, 15) is 0 Å². The highest BCUT2D eigenvalue weighted by Crippen LogP contribution is 2.40. The van der Waals surface area contributed by atoms with Gasteiger partial charge in [-0.3, -0.25) is 0 Å². The minimum atomic E-state index is 0.856. The van der Waals surface area contributed by atoms with Crippen molar-refractivity contribution in [3.8, 4) is 65.9 Å². The maximum Gasteiger partial charge on any atom is 0.124 e. The Balaban J connectivity index is 1.14. The van der Waals surface area contributed by atoms with Gasteiger partial charge in [-0.25, -0.2) is 19.9 Å². The lowest BCUT2D eigenvalue weighted by atomic mass is 9.95. The molecule has 0 aliphatic rings. The number of hydrogen-bond acceptors (Lipinski definition) is 6. The van der Waals surface area contributed by atoms with E-state index in [4.69, 9.17) is 19.9 Å². The molecule has 7 aromatic carbocycles. The molecule has 0 atom stereocenters. The Labute approximate surface area is 308 Å². The summed E-state index contributed by atoms with van der Waals surface area (Å²) < 4.78 is 2.38. The van der Waals surface area contributed by atoms with E-state index >= 15 is 0 Å². The van der Waals surface area contributed by atoms with Crippen molar-refractivity contribution in [1.29, 1.82) is 0 Å². The second-order valence-electron chi connectivity index (χ2n) is 12.6. The monoisotopic (exact) mass is 700 g/mol. The molecule has 6 heteroatoms. The Morgan fingerprint density at radius 2 is 0.654 bits per heavy atom. The van der Waals surface area contributed by atoms with E-state index in [0.29, 0.717) is 0 Å². The van der Waals surface area contributed by atoms with Crippen molar-refractivity contribution in [2.24, 2.45) is 0 Å². The molecule has 10 aromatic rings. The molecule has 0 aliphatic carbocycles. The van der Waals surface area contributed by atoms with Crippen LogP contribution in [0.25, 0.3) is 97.4 Å². The summed E-state index contributed by atoms with van der Waals surface area (Å²) in [6, 6.07) is 59.1. The SMILES string of the molecule is c1ccc(-c2nc3c(-c4ccc(-c5nc6ccccc6s5)cc4)ccc(-c4ccc(-c5nc6ccccc6s5)cc4)c3nc2-c2ccccc2)cc1. The Morgan fingerprint density at radius 3 is 1.06 bits per heavy atom. The van der Waals surface area contributed by atoms with Gasteiger partial charge < -0.3 is 0 Å². The van der Waals surface area contributed by atoms with Crippen molar-refractivity contribution in [2.45, 2.75) is 0 Å². The highest BCUT2D eigenvalue weighted by atomic mass is 32.1. The molecule has 244 valence electrons. The van der Waals surface area contributed by atoms with Crippen LogP contribution in [0.4, 0.5) is 0 Å². The third kappa shape index (κ3) is 5.46. The molecule has 3 aromatic heterocycles. The Kier molecular flexibility index (Phi) is 7.48. The number of aromatic nitrogens is 4. The van der Waals surface area contributed by atoms with Crippen LogP contribution >= 0.6 is 22.7 Å². The van der Waals surface area contributed by atoms with Crippen LogP contribution in [0, 0.1) is 0 Å². The van der Waals surface area contributed by atoms with Gasteiger partial charge in [0.2, 0.25) is 0 Å². The summed E-state index contributed by atoms with van der Waals surface area (Å²) >= 11 is 3.43. The van der Waals surface area contributed by atoms with Crippen LogP contribution in [0.2, 0.25) is 0 Å². The molecule has 3 heterocycles. The quantitative estimate of drug-likeness (QED) is 0.173. The number of thiazole rings is 2. The first-order valence-electron chi connectivity index (χ1n) is 17.1. The van der Waals surface area contributed by atoms with E-state index in [0.717, 1.165) is 88.0 Å². The topological polar surface area (TPSA) is 51.6 Å². The Hall–Kier alpha value is -6.34. The van der Waals surface area contributed by atoms with Crippen molar-refractivity contribution in [1.82, 2.24) is 19.9 Å². The summed E-state index contributed by atoms with van der Waals surface area (Å²) in [5, 5.41) is 2.03. The van der Waals surface area contributed by atoms with Crippen molar-refractivity contribution in [3.63, 3.8) is 0 Å². The Morgan fingerprint density at radius 1 is 0.288 bits per heavy atom. The number of fused-ring (bicyclic) bond motifs is 3. The zero-order chi connectivity index (χ0) is 34.4. The lowest BCUT2D eigenvalue weighted by Crippen LogP contribution is -1.99. The van der Waals surface area contributed by atoms with E-state index in [2.05, 4.69) is 146 Å². The largest absolute Gasteiger partial charge is 0.243 e. The number of benzene rings is 7. The number of rotatable bonds is 6. The first kappa shape index (κ1) is 30.5. The van der Waals surface area contributed by atoms with Crippen LogP contribution < -0.4 is 0 Å². The van der Waals surface area contributed by atoms with Gasteiger partial charge in [0.15, 0.2) is 0 Å². The molecular weight excluding hydrogens is 673 g/mol. The van der Waals surface area contributed by atoms with E-state index in [1.807, 2.05) is 24.3 Å². The molecule has 0 unspecified atom stereocenters. The molecule has 52 heavy (non-hydrogen) atoms. The molecule has 0 saturated carbocycles. The van der Waals surface area contributed by atoms with Gasteiger partial charge in [0.25, 0.3) is 0 Å². The summed E-state index contributed by atoms with van der Waals surface area (Å²) in [5.74, 6) is 0.